The zero-order valence-electron chi connectivity index (χ0n) is 5.01. The van der Waals surface area contributed by atoms with Gasteiger partial charge in [0, 0.05) is 5.41 Å². The van der Waals surface area contributed by atoms with Gasteiger partial charge in [0.15, 0.2) is 4.33 Å². The Hall–Kier alpha value is 1.54. The third-order valence-electron chi connectivity index (χ3n) is 1.90. The Morgan fingerprint density at radius 3 is 1.22 bits per heavy atom. The van der Waals surface area contributed by atoms with E-state index in [1.807, 2.05) is 13.8 Å². The highest BCUT2D eigenvalue weighted by Crippen LogP contribution is 2.78. The van der Waals surface area contributed by atoms with Crippen LogP contribution in [0.3, 0.4) is 0 Å². The molecule has 0 N–H and O–H groups in total. The topological polar surface area (TPSA) is 0 Å². The van der Waals surface area contributed by atoms with Gasteiger partial charge in [0.25, 0.3) is 0 Å². The third kappa shape index (κ3) is 0.770. The Bertz CT molecular complexity index is 111. The molecule has 1 aliphatic carbocycles. The summed E-state index contributed by atoms with van der Waals surface area (Å²) in [4.78, 5) is 0. The number of hydrogen-bond donors (Lipinski definition) is 0. The van der Waals surface area contributed by atoms with E-state index < -0.39 is 4.33 Å². The summed E-state index contributed by atoms with van der Waals surface area (Å²) >= 11 is 18.6. The summed E-state index contributed by atoms with van der Waals surface area (Å²) in [5.41, 5.74) is -0.0941. The van der Waals surface area contributed by atoms with Crippen LogP contribution in [-0.2, 0) is 0 Å². The first-order valence-electron chi connectivity index (χ1n) is 2.51. The van der Waals surface area contributed by atoms with Gasteiger partial charge >= 0.3 is 0 Å². The van der Waals surface area contributed by atoms with Crippen LogP contribution in [0.25, 0.3) is 0 Å². The molecule has 0 heterocycles. The maximum Gasteiger partial charge on any atom is 0.151 e. The van der Waals surface area contributed by atoms with E-state index in [-0.39, 0.29) is 8.65 Å². The zero-order chi connectivity index (χ0) is 7.50. The molecule has 0 radical (unpaired) electrons. The SMILES string of the molecule is CC1(C)C(Cl)(Cl)C1(Br)Br. The molecule has 0 aromatic rings. The maximum absolute atomic E-state index is 5.90. The number of hydrogen-bond acceptors (Lipinski definition) is 0. The quantitative estimate of drug-likeness (QED) is 0.598. The summed E-state index contributed by atoms with van der Waals surface area (Å²) in [6, 6.07) is 0. The van der Waals surface area contributed by atoms with Crippen LogP contribution in [0.15, 0.2) is 0 Å². The summed E-state index contributed by atoms with van der Waals surface area (Å²) in [6.07, 6.45) is 0. The first-order valence-corrected chi connectivity index (χ1v) is 4.85. The molecule has 54 valence electrons. The maximum atomic E-state index is 5.90. The van der Waals surface area contributed by atoms with Crippen molar-refractivity contribution in [2.45, 2.75) is 21.4 Å². The highest BCUT2D eigenvalue weighted by atomic mass is 79.9. The van der Waals surface area contributed by atoms with Crippen molar-refractivity contribution in [3.8, 4) is 0 Å². The van der Waals surface area contributed by atoms with E-state index in [1.165, 1.54) is 0 Å². The molecule has 1 saturated carbocycles. The van der Waals surface area contributed by atoms with Crippen molar-refractivity contribution < 1.29 is 0 Å². The number of alkyl halides is 4. The predicted molar refractivity (Wildman–Crippen MR) is 48.8 cm³/mol. The van der Waals surface area contributed by atoms with Crippen LogP contribution in [-0.4, -0.2) is 7.57 Å². The van der Waals surface area contributed by atoms with Crippen LogP contribution in [0.1, 0.15) is 13.8 Å². The summed E-state index contributed by atoms with van der Waals surface area (Å²) in [5, 5.41) is 0. The van der Waals surface area contributed by atoms with Crippen LogP contribution in [0.4, 0.5) is 0 Å². The molecule has 0 atom stereocenters. The Balaban J connectivity index is 2.91. The minimum Gasteiger partial charge on any atom is -0.0984 e. The molecule has 0 saturated heterocycles. The van der Waals surface area contributed by atoms with E-state index in [2.05, 4.69) is 31.9 Å². The van der Waals surface area contributed by atoms with Gasteiger partial charge in [0.1, 0.15) is 3.23 Å². The number of rotatable bonds is 0. The molecule has 0 aromatic heterocycles. The molecule has 0 aromatic carbocycles. The average molecular weight is 297 g/mol. The van der Waals surface area contributed by atoms with E-state index in [9.17, 15) is 0 Å². The van der Waals surface area contributed by atoms with Gasteiger partial charge in [0.2, 0.25) is 0 Å². The lowest BCUT2D eigenvalue weighted by molar-refractivity contribution is 0.640. The van der Waals surface area contributed by atoms with Crippen molar-refractivity contribution in [2.75, 3.05) is 0 Å². The molecule has 0 bridgehead atoms. The molecule has 1 fully saturated rings. The lowest BCUT2D eigenvalue weighted by Crippen LogP contribution is -1.96. The molecule has 1 rings (SSSR count). The first-order chi connectivity index (χ1) is 3.75. The molecule has 0 aliphatic heterocycles. The molecule has 0 nitrogen and oxygen atoms in total. The van der Waals surface area contributed by atoms with Crippen molar-refractivity contribution in [1.29, 1.82) is 0 Å². The first kappa shape index (κ1) is 8.63. The van der Waals surface area contributed by atoms with Crippen LogP contribution in [0.2, 0.25) is 0 Å². The molecule has 0 amide bonds. The van der Waals surface area contributed by atoms with Gasteiger partial charge in [-0.05, 0) is 0 Å². The Kier molecular flexibility index (Phi) is 1.75. The fourth-order valence-electron chi connectivity index (χ4n) is 0.669. The van der Waals surface area contributed by atoms with E-state index >= 15 is 0 Å². The lowest BCUT2D eigenvalue weighted by atomic mass is 10.2. The van der Waals surface area contributed by atoms with Gasteiger partial charge in [0.05, 0.1) is 0 Å². The minimum atomic E-state index is -0.681. The van der Waals surface area contributed by atoms with Crippen molar-refractivity contribution in [3.63, 3.8) is 0 Å². The van der Waals surface area contributed by atoms with Gasteiger partial charge in [-0.2, -0.15) is 0 Å². The smallest absolute Gasteiger partial charge is 0.0984 e. The van der Waals surface area contributed by atoms with Gasteiger partial charge in [-0.25, -0.2) is 0 Å². The second-order valence-corrected chi connectivity index (χ2v) is 7.54. The van der Waals surface area contributed by atoms with Gasteiger partial charge in [-0.3, -0.25) is 0 Å². The normalized spacial score (nSPS) is 34.0. The summed E-state index contributed by atoms with van der Waals surface area (Å²) in [5.74, 6) is 0. The standard InChI is InChI=1S/C5H6Br2Cl2/c1-3(2)4(6,7)5(3,8)9/h1-2H3. The Morgan fingerprint density at radius 1 is 1.11 bits per heavy atom. The van der Waals surface area contributed by atoms with Crippen molar-refractivity contribution in [2.24, 2.45) is 5.41 Å². The highest BCUT2D eigenvalue weighted by Gasteiger charge is 2.80. The van der Waals surface area contributed by atoms with E-state index in [1.54, 1.807) is 0 Å². The third-order valence-corrected chi connectivity index (χ3v) is 7.50. The molecule has 0 unspecified atom stereocenters. The van der Waals surface area contributed by atoms with Gasteiger partial charge in [-0.15, -0.1) is 0 Å². The van der Waals surface area contributed by atoms with Gasteiger partial charge in [-0.1, -0.05) is 68.9 Å². The Morgan fingerprint density at radius 2 is 1.22 bits per heavy atom. The fourth-order valence-corrected chi connectivity index (χ4v) is 3.17. The second-order valence-electron chi connectivity index (χ2n) is 2.77. The van der Waals surface area contributed by atoms with Gasteiger partial charge < -0.3 is 0 Å². The molecular weight excluding hydrogens is 291 g/mol. The van der Waals surface area contributed by atoms with Crippen molar-refractivity contribution in [3.05, 3.63) is 0 Å². The van der Waals surface area contributed by atoms with E-state index in [0.717, 1.165) is 0 Å². The van der Waals surface area contributed by atoms with E-state index in [0.29, 0.717) is 0 Å². The monoisotopic (exact) mass is 294 g/mol. The predicted octanol–water partition coefficient (Wildman–Crippen LogP) is 3.69. The zero-order valence-corrected chi connectivity index (χ0v) is 9.70. The molecule has 4 heteroatoms. The molecule has 0 spiro atoms. The lowest BCUT2D eigenvalue weighted by Gasteiger charge is -1.98. The van der Waals surface area contributed by atoms with Crippen molar-refractivity contribution in [1.82, 2.24) is 0 Å². The second kappa shape index (κ2) is 1.82. The van der Waals surface area contributed by atoms with Crippen molar-refractivity contribution >= 4 is 55.1 Å². The fraction of sp³-hybridized carbons (Fsp3) is 1.00. The van der Waals surface area contributed by atoms with Crippen LogP contribution < -0.4 is 0 Å². The molecule has 9 heavy (non-hydrogen) atoms. The molecular formula is C5H6Br2Cl2. The summed E-state index contributed by atoms with van der Waals surface area (Å²) in [7, 11) is 0. The largest absolute Gasteiger partial charge is 0.151 e. The summed E-state index contributed by atoms with van der Waals surface area (Å²) < 4.78 is -0.983. The minimum absolute atomic E-state index is 0.0941. The highest BCUT2D eigenvalue weighted by molar-refractivity contribution is 9.25. The number of halogens is 4. The average Bonchev–Trinajstić information content (AvgIpc) is 1.84. The van der Waals surface area contributed by atoms with Crippen LogP contribution in [0.5, 0.6) is 0 Å². The molecule has 1 aliphatic rings. The van der Waals surface area contributed by atoms with E-state index in [4.69, 9.17) is 23.2 Å². The Labute approximate surface area is 81.5 Å². The summed E-state index contributed by atoms with van der Waals surface area (Å²) in [6.45, 7) is 3.99. The van der Waals surface area contributed by atoms with Crippen LogP contribution >= 0.6 is 55.1 Å². The van der Waals surface area contributed by atoms with Crippen LogP contribution in [0, 0.1) is 5.41 Å².